The minimum absolute atomic E-state index is 0.0252. The van der Waals surface area contributed by atoms with Crippen LogP contribution in [0.1, 0.15) is 5.56 Å². The van der Waals surface area contributed by atoms with Crippen LogP contribution in [0.2, 0.25) is 0 Å². The van der Waals surface area contributed by atoms with Gasteiger partial charge in [-0.25, -0.2) is 4.39 Å². The van der Waals surface area contributed by atoms with Crippen LogP contribution < -0.4 is 4.90 Å². The number of nitrogens with zero attached hydrogens (tertiary/aromatic N) is 4. The first-order valence-corrected chi connectivity index (χ1v) is 12.0. The number of hydrogen-bond donors (Lipinski definition) is 1. The molecule has 0 spiro atoms. The van der Waals surface area contributed by atoms with E-state index in [4.69, 9.17) is 0 Å². The highest BCUT2D eigenvalue weighted by Gasteiger charge is 2.25. The Labute approximate surface area is 199 Å². The molecule has 1 aliphatic rings. The Hall–Kier alpha value is -3.91. The van der Waals surface area contributed by atoms with E-state index in [0.717, 1.165) is 34.3 Å². The standard InChI is InChI=1S/C26H20FN5OS/c27-18-9-11-19(12-10-18)32-25(21-15-28-22-7-3-2-6-20(21)22)29-30-26(32)34-16-24(33)31-14-13-17-5-1-4-8-23(17)31/h1-12,15,28H,13-14,16H2. The summed E-state index contributed by atoms with van der Waals surface area (Å²) in [6, 6.07) is 22.2. The zero-order valence-electron chi connectivity index (χ0n) is 18.1. The van der Waals surface area contributed by atoms with E-state index < -0.39 is 0 Å². The molecule has 0 aliphatic carbocycles. The number of nitrogens with one attached hydrogen (secondary N) is 1. The number of thioether (sulfide) groups is 1. The Morgan fingerprint density at radius 2 is 1.79 bits per heavy atom. The van der Waals surface area contributed by atoms with Gasteiger partial charge in [0, 0.05) is 40.6 Å². The molecule has 0 saturated carbocycles. The predicted molar refractivity (Wildman–Crippen MR) is 132 cm³/mol. The summed E-state index contributed by atoms with van der Waals surface area (Å²) in [7, 11) is 0. The zero-order chi connectivity index (χ0) is 23.1. The van der Waals surface area contributed by atoms with Gasteiger partial charge in [0.1, 0.15) is 5.82 Å². The lowest BCUT2D eigenvalue weighted by atomic mass is 10.1. The van der Waals surface area contributed by atoms with Crippen molar-refractivity contribution in [3.8, 4) is 17.1 Å². The predicted octanol–water partition coefficient (Wildman–Crippen LogP) is 5.24. The second kappa shape index (κ2) is 8.46. The molecule has 2 aromatic heterocycles. The van der Waals surface area contributed by atoms with Crippen LogP contribution >= 0.6 is 11.8 Å². The van der Waals surface area contributed by atoms with E-state index in [1.165, 1.54) is 29.5 Å². The Bertz CT molecular complexity index is 1510. The average Bonchev–Trinajstić information content (AvgIpc) is 3.59. The number of amides is 1. The Morgan fingerprint density at radius 3 is 2.68 bits per heavy atom. The van der Waals surface area contributed by atoms with Gasteiger partial charge in [0.2, 0.25) is 5.91 Å². The molecular formula is C26H20FN5OS. The summed E-state index contributed by atoms with van der Waals surface area (Å²) in [5, 5.41) is 10.5. The van der Waals surface area contributed by atoms with Crippen LogP contribution in [0.15, 0.2) is 84.1 Å². The highest BCUT2D eigenvalue weighted by Crippen LogP contribution is 2.33. The minimum Gasteiger partial charge on any atom is -0.360 e. The summed E-state index contributed by atoms with van der Waals surface area (Å²) < 4.78 is 15.5. The molecule has 0 unspecified atom stereocenters. The van der Waals surface area contributed by atoms with Crippen molar-refractivity contribution in [1.29, 1.82) is 0 Å². The number of H-pyrrole nitrogens is 1. The van der Waals surface area contributed by atoms with Gasteiger partial charge in [-0.2, -0.15) is 0 Å². The van der Waals surface area contributed by atoms with E-state index in [9.17, 15) is 9.18 Å². The van der Waals surface area contributed by atoms with E-state index >= 15 is 0 Å². The summed E-state index contributed by atoms with van der Waals surface area (Å²) >= 11 is 1.33. The van der Waals surface area contributed by atoms with Crippen molar-refractivity contribution in [2.24, 2.45) is 0 Å². The molecule has 0 saturated heterocycles. The molecular weight excluding hydrogens is 449 g/mol. The molecule has 1 aliphatic heterocycles. The molecule has 8 heteroatoms. The largest absolute Gasteiger partial charge is 0.360 e. The van der Waals surface area contributed by atoms with Crippen molar-refractivity contribution in [2.75, 3.05) is 17.2 Å². The lowest BCUT2D eigenvalue weighted by Crippen LogP contribution is -2.30. The van der Waals surface area contributed by atoms with Crippen molar-refractivity contribution >= 4 is 34.3 Å². The van der Waals surface area contributed by atoms with E-state index in [1.54, 1.807) is 12.1 Å². The van der Waals surface area contributed by atoms with Crippen LogP contribution in [-0.4, -0.2) is 38.0 Å². The van der Waals surface area contributed by atoms with Crippen molar-refractivity contribution in [1.82, 2.24) is 19.7 Å². The van der Waals surface area contributed by atoms with E-state index in [0.29, 0.717) is 17.5 Å². The number of fused-ring (bicyclic) bond motifs is 2. The molecule has 0 atom stereocenters. The molecule has 1 amide bonds. The number of hydrogen-bond acceptors (Lipinski definition) is 4. The number of aromatic amines is 1. The monoisotopic (exact) mass is 469 g/mol. The summed E-state index contributed by atoms with van der Waals surface area (Å²) in [4.78, 5) is 18.2. The highest BCUT2D eigenvalue weighted by atomic mass is 32.2. The van der Waals surface area contributed by atoms with Gasteiger partial charge in [0.25, 0.3) is 0 Å². The van der Waals surface area contributed by atoms with Crippen LogP contribution in [0.5, 0.6) is 0 Å². The molecule has 0 bridgehead atoms. The maximum Gasteiger partial charge on any atom is 0.237 e. The van der Waals surface area contributed by atoms with Gasteiger partial charge in [0.15, 0.2) is 11.0 Å². The molecule has 34 heavy (non-hydrogen) atoms. The number of anilines is 1. The van der Waals surface area contributed by atoms with Gasteiger partial charge in [0.05, 0.1) is 5.75 Å². The second-order valence-electron chi connectivity index (χ2n) is 8.08. The maximum absolute atomic E-state index is 13.7. The number of carbonyl (C=O) groups excluding carboxylic acids is 1. The highest BCUT2D eigenvalue weighted by molar-refractivity contribution is 7.99. The normalized spacial score (nSPS) is 12.9. The smallest absolute Gasteiger partial charge is 0.237 e. The molecule has 5 aromatic rings. The SMILES string of the molecule is O=C(CSc1nnc(-c2c[nH]c3ccccc23)n1-c1ccc(F)cc1)N1CCc2ccccc21. The van der Waals surface area contributed by atoms with Crippen molar-refractivity contribution in [3.05, 3.63) is 90.4 Å². The van der Waals surface area contributed by atoms with Gasteiger partial charge >= 0.3 is 0 Å². The molecule has 6 rings (SSSR count). The van der Waals surface area contributed by atoms with Crippen LogP contribution in [0, 0.1) is 5.82 Å². The van der Waals surface area contributed by atoms with Crippen LogP contribution in [0.25, 0.3) is 28.0 Å². The van der Waals surface area contributed by atoms with Crippen molar-refractivity contribution in [3.63, 3.8) is 0 Å². The molecule has 6 nitrogen and oxygen atoms in total. The Balaban J connectivity index is 1.35. The average molecular weight is 470 g/mol. The van der Waals surface area contributed by atoms with Gasteiger partial charge in [-0.1, -0.05) is 48.2 Å². The fourth-order valence-electron chi connectivity index (χ4n) is 4.42. The van der Waals surface area contributed by atoms with Crippen LogP contribution in [-0.2, 0) is 11.2 Å². The van der Waals surface area contributed by atoms with Crippen LogP contribution in [0.3, 0.4) is 0 Å². The van der Waals surface area contributed by atoms with Gasteiger partial charge < -0.3 is 9.88 Å². The summed E-state index contributed by atoms with van der Waals surface area (Å²) in [5.41, 5.74) is 4.78. The fraction of sp³-hybridized carbons (Fsp3) is 0.115. The molecule has 0 fully saturated rings. The Morgan fingerprint density at radius 1 is 1.00 bits per heavy atom. The van der Waals surface area contributed by atoms with Crippen molar-refractivity contribution < 1.29 is 9.18 Å². The third-order valence-electron chi connectivity index (χ3n) is 6.06. The van der Waals surface area contributed by atoms with E-state index in [2.05, 4.69) is 21.2 Å². The Kier molecular flexibility index (Phi) is 5.15. The van der Waals surface area contributed by atoms with Gasteiger partial charge in [-0.3, -0.25) is 9.36 Å². The molecule has 1 N–H and O–H groups in total. The summed E-state index contributed by atoms with van der Waals surface area (Å²) in [6.45, 7) is 0.685. The summed E-state index contributed by atoms with van der Waals surface area (Å²) in [6.07, 6.45) is 2.76. The van der Waals surface area contributed by atoms with Crippen LogP contribution in [0.4, 0.5) is 10.1 Å². The second-order valence-corrected chi connectivity index (χ2v) is 9.02. The molecule has 3 aromatic carbocycles. The topological polar surface area (TPSA) is 66.8 Å². The first kappa shape index (κ1) is 20.7. The molecule has 0 radical (unpaired) electrons. The van der Waals surface area contributed by atoms with Crippen molar-refractivity contribution in [2.45, 2.75) is 11.6 Å². The zero-order valence-corrected chi connectivity index (χ0v) is 18.9. The first-order chi connectivity index (χ1) is 16.7. The minimum atomic E-state index is -0.317. The summed E-state index contributed by atoms with van der Waals surface area (Å²) in [5.74, 6) is 0.562. The number of para-hydroxylation sites is 2. The first-order valence-electron chi connectivity index (χ1n) is 11.0. The number of benzene rings is 3. The van der Waals surface area contributed by atoms with Gasteiger partial charge in [-0.05, 0) is 48.4 Å². The maximum atomic E-state index is 13.7. The van der Waals surface area contributed by atoms with Gasteiger partial charge in [-0.15, -0.1) is 10.2 Å². The third-order valence-corrected chi connectivity index (χ3v) is 6.97. The number of halogens is 1. The van der Waals surface area contributed by atoms with E-state index in [1.807, 2.05) is 58.1 Å². The number of rotatable bonds is 5. The lowest BCUT2D eigenvalue weighted by Gasteiger charge is -2.17. The lowest BCUT2D eigenvalue weighted by molar-refractivity contribution is -0.116. The number of aromatic nitrogens is 4. The quantitative estimate of drug-likeness (QED) is 0.358. The third kappa shape index (κ3) is 3.56. The molecule has 3 heterocycles. The number of carbonyl (C=O) groups is 1. The fourth-order valence-corrected chi connectivity index (χ4v) is 5.25. The van der Waals surface area contributed by atoms with E-state index in [-0.39, 0.29) is 17.5 Å². The molecule has 168 valence electrons.